The molecule has 3 aromatic rings. The molecule has 184 valence electrons. The average molecular weight is 496 g/mol. The third kappa shape index (κ3) is 7.24. The van der Waals surface area contributed by atoms with E-state index in [2.05, 4.69) is 5.48 Å². The Labute approximate surface area is 195 Å². The topological polar surface area (TPSA) is 70.6 Å². The summed E-state index contributed by atoms with van der Waals surface area (Å²) in [6.45, 7) is 0.269. The number of hydroxylamine groups is 1. The molecule has 0 aromatic heterocycles. The predicted octanol–water partition coefficient (Wildman–Crippen LogP) is 6.37. The molecule has 0 saturated carbocycles. The van der Waals surface area contributed by atoms with Crippen LogP contribution >= 0.6 is 0 Å². The van der Waals surface area contributed by atoms with Crippen LogP contribution in [0.15, 0.2) is 72.9 Å². The van der Waals surface area contributed by atoms with Crippen molar-refractivity contribution in [1.29, 1.82) is 0 Å². The molecule has 3 rings (SSSR count). The SMILES string of the molecule is O=C(Nc1cc(C(F)(F)F)cc(C(F)(F)F)c1)c1cc(C=CNOCc2ccccc2)ccc1O. The lowest BCUT2D eigenvalue weighted by molar-refractivity contribution is -0.143. The minimum Gasteiger partial charge on any atom is -0.507 e. The van der Waals surface area contributed by atoms with E-state index in [9.17, 15) is 36.2 Å². The zero-order valence-corrected chi connectivity index (χ0v) is 17.7. The summed E-state index contributed by atoms with van der Waals surface area (Å²) in [5.74, 6) is -1.62. The fraction of sp³-hybridized carbons (Fsp3) is 0.125. The highest BCUT2D eigenvalue weighted by molar-refractivity contribution is 6.06. The lowest BCUT2D eigenvalue weighted by Crippen LogP contribution is -2.16. The van der Waals surface area contributed by atoms with Crippen molar-refractivity contribution in [2.45, 2.75) is 19.0 Å². The van der Waals surface area contributed by atoms with E-state index in [4.69, 9.17) is 4.84 Å². The molecule has 0 heterocycles. The Morgan fingerprint density at radius 3 is 2.11 bits per heavy atom. The van der Waals surface area contributed by atoms with Crippen molar-refractivity contribution in [3.05, 3.63) is 101 Å². The van der Waals surface area contributed by atoms with Crippen LogP contribution in [-0.4, -0.2) is 11.0 Å². The summed E-state index contributed by atoms with van der Waals surface area (Å²) >= 11 is 0. The Balaban J connectivity index is 1.73. The number of aromatic hydroxyl groups is 1. The first kappa shape index (κ1) is 25.6. The summed E-state index contributed by atoms with van der Waals surface area (Å²) in [7, 11) is 0. The molecule has 0 aliphatic rings. The van der Waals surface area contributed by atoms with Crippen LogP contribution in [0.1, 0.15) is 32.6 Å². The highest BCUT2D eigenvalue weighted by atomic mass is 19.4. The second-order valence-electron chi connectivity index (χ2n) is 7.25. The van der Waals surface area contributed by atoms with Gasteiger partial charge in [0.05, 0.1) is 23.3 Å². The summed E-state index contributed by atoms with van der Waals surface area (Å²) in [6, 6.07) is 13.8. The molecule has 0 radical (unpaired) electrons. The van der Waals surface area contributed by atoms with Gasteiger partial charge in [-0.1, -0.05) is 36.4 Å². The second kappa shape index (κ2) is 10.5. The highest BCUT2D eigenvalue weighted by Crippen LogP contribution is 2.37. The zero-order valence-electron chi connectivity index (χ0n) is 17.7. The smallest absolute Gasteiger partial charge is 0.416 e. The van der Waals surface area contributed by atoms with Gasteiger partial charge in [0.15, 0.2) is 0 Å². The fourth-order valence-electron chi connectivity index (χ4n) is 2.94. The molecule has 11 heteroatoms. The summed E-state index contributed by atoms with van der Waals surface area (Å²) in [5.41, 5.74) is -0.365. The molecule has 35 heavy (non-hydrogen) atoms. The van der Waals surface area contributed by atoms with Crippen molar-refractivity contribution >= 4 is 17.7 Å². The van der Waals surface area contributed by atoms with Gasteiger partial charge in [-0.15, -0.1) is 0 Å². The Kier molecular flexibility index (Phi) is 7.70. The number of halogens is 6. The van der Waals surface area contributed by atoms with Crippen LogP contribution in [0.2, 0.25) is 0 Å². The molecular formula is C24H18F6N2O3. The highest BCUT2D eigenvalue weighted by Gasteiger charge is 2.37. The first-order valence-electron chi connectivity index (χ1n) is 9.95. The largest absolute Gasteiger partial charge is 0.507 e. The van der Waals surface area contributed by atoms with Gasteiger partial charge in [-0.3, -0.25) is 15.1 Å². The van der Waals surface area contributed by atoms with E-state index in [0.29, 0.717) is 17.7 Å². The fourth-order valence-corrected chi connectivity index (χ4v) is 2.94. The van der Waals surface area contributed by atoms with Crippen molar-refractivity contribution in [1.82, 2.24) is 5.48 Å². The number of benzene rings is 3. The molecule has 3 aromatic carbocycles. The predicted molar refractivity (Wildman–Crippen MR) is 116 cm³/mol. The van der Waals surface area contributed by atoms with E-state index >= 15 is 0 Å². The van der Waals surface area contributed by atoms with Gasteiger partial charge in [-0.05, 0) is 47.5 Å². The number of nitrogens with one attached hydrogen (secondary N) is 2. The molecule has 3 N–H and O–H groups in total. The van der Waals surface area contributed by atoms with Crippen LogP contribution in [0.4, 0.5) is 32.0 Å². The number of carbonyl (C=O) groups excluding carboxylic acids is 1. The number of rotatable bonds is 7. The number of phenolic OH excluding ortho intramolecular Hbond substituents is 1. The molecule has 0 saturated heterocycles. The van der Waals surface area contributed by atoms with Gasteiger partial charge in [-0.25, -0.2) is 0 Å². The van der Waals surface area contributed by atoms with Crippen LogP contribution in [0.5, 0.6) is 5.75 Å². The number of amides is 1. The monoisotopic (exact) mass is 496 g/mol. The van der Waals surface area contributed by atoms with Gasteiger partial charge >= 0.3 is 12.4 Å². The summed E-state index contributed by atoms with van der Waals surface area (Å²) in [4.78, 5) is 17.8. The molecule has 0 atom stereocenters. The maximum Gasteiger partial charge on any atom is 0.416 e. The minimum atomic E-state index is -5.07. The summed E-state index contributed by atoms with van der Waals surface area (Å²) in [5, 5.41) is 12.0. The maximum atomic E-state index is 13.0. The van der Waals surface area contributed by atoms with Gasteiger partial charge in [-0.2, -0.15) is 26.3 Å². The molecule has 5 nitrogen and oxygen atoms in total. The van der Waals surface area contributed by atoms with Crippen molar-refractivity contribution in [3.8, 4) is 5.75 Å². The van der Waals surface area contributed by atoms with Gasteiger partial charge in [0.2, 0.25) is 0 Å². The standard InChI is InChI=1S/C24H18F6N2O3/c25-23(26,27)17-11-18(24(28,29)30)13-19(12-17)32-22(34)20-10-15(6-7-21(20)33)8-9-31-35-14-16-4-2-1-3-5-16/h1-13,31,33H,14H2,(H,32,34). The van der Waals surface area contributed by atoms with E-state index in [1.165, 1.54) is 24.4 Å². The van der Waals surface area contributed by atoms with Crippen molar-refractivity contribution in [3.63, 3.8) is 0 Å². The van der Waals surface area contributed by atoms with Gasteiger partial charge in [0.25, 0.3) is 5.91 Å². The number of hydrogen-bond acceptors (Lipinski definition) is 4. The van der Waals surface area contributed by atoms with Crippen LogP contribution in [0.3, 0.4) is 0 Å². The molecular weight excluding hydrogens is 478 g/mol. The van der Waals surface area contributed by atoms with Crippen molar-refractivity contribution in [2.75, 3.05) is 5.32 Å². The van der Waals surface area contributed by atoms with Crippen LogP contribution in [0.25, 0.3) is 6.08 Å². The first-order chi connectivity index (χ1) is 16.4. The molecule has 0 spiro atoms. The normalized spacial score (nSPS) is 12.1. The lowest BCUT2D eigenvalue weighted by atomic mass is 10.1. The van der Waals surface area contributed by atoms with E-state index in [1.54, 1.807) is 0 Å². The number of carbonyl (C=O) groups is 1. The third-order valence-electron chi connectivity index (χ3n) is 4.62. The Bertz CT molecular complexity index is 1180. The average Bonchev–Trinajstić information content (AvgIpc) is 2.79. The van der Waals surface area contributed by atoms with E-state index in [1.807, 2.05) is 35.6 Å². The number of anilines is 1. The summed E-state index contributed by atoms with van der Waals surface area (Å²) in [6.07, 6.45) is -7.25. The number of alkyl halides is 6. The maximum absolute atomic E-state index is 13.0. The first-order valence-corrected chi connectivity index (χ1v) is 9.95. The quantitative estimate of drug-likeness (QED) is 0.202. The lowest BCUT2D eigenvalue weighted by Gasteiger charge is -2.15. The molecule has 0 aliphatic carbocycles. The Hall–Kier alpha value is -3.99. The zero-order chi connectivity index (χ0) is 25.6. The molecule has 0 fully saturated rings. The van der Waals surface area contributed by atoms with Crippen molar-refractivity contribution < 1.29 is 41.1 Å². The minimum absolute atomic E-state index is 0.0502. The Morgan fingerprint density at radius 1 is 0.886 bits per heavy atom. The second-order valence-corrected chi connectivity index (χ2v) is 7.25. The molecule has 1 amide bonds. The van der Waals surface area contributed by atoms with Crippen LogP contribution in [0, 0.1) is 0 Å². The third-order valence-corrected chi connectivity index (χ3v) is 4.62. The van der Waals surface area contributed by atoms with Crippen LogP contribution < -0.4 is 10.8 Å². The molecule has 0 aliphatic heterocycles. The molecule has 0 unspecified atom stereocenters. The van der Waals surface area contributed by atoms with Gasteiger partial charge in [0.1, 0.15) is 5.75 Å². The number of hydrogen-bond donors (Lipinski definition) is 3. The van der Waals surface area contributed by atoms with E-state index < -0.39 is 40.8 Å². The van der Waals surface area contributed by atoms with Crippen LogP contribution in [-0.2, 0) is 23.8 Å². The number of phenols is 1. The Morgan fingerprint density at radius 2 is 1.51 bits per heavy atom. The molecule has 0 bridgehead atoms. The van der Waals surface area contributed by atoms with E-state index in [-0.39, 0.29) is 18.2 Å². The summed E-state index contributed by atoms with van der Waals surface area (Å²) < 4.78 is 78.2. The van der Waals surface area contributed by atoms with Crippen molar-refractivity contribution in [2.24, 2.45) is 0 Å². The van der Waals surface area contributed by atoms with Gasteiger partial charge < -0.3 is 10.4 Å². The van der Waals surface area contributed by atoms with E-state index in [0.717, 1.165) is 11.6 Å². The van der Waals surface area contributed by atoms with Gasteiger partial charge in [0, 0.05) is 11.9 Å².